The van der Waals surface area contributed by atoms with Crippen molar-refractivity contribution in [3.8, 4) is 34.5 Å². The average Bonchev–Trinajstić information content (AvgIpc) is 2.87. The van der Waals surface area contributed by atoms with Crippen molar-refractivity contribution in [2.45, 2.75) is 45.8 Å². The third-order valence-electron chi connectivity index (χ3n) is 5.71. The zero-order valence-corrected chi connectivity index (χ0v) is 20.7. The highest BCUT2D eigenvalue weighted by Gasteiger charge is 2.26. The van der Waals surface area contributed by atoms with E-state index in [1.807, 2.05) is 13.8 Å². The van der Waals surface area contributed by atoms with Crippen LogP contribution in [0.1, 0.15) is 32.3 Å². The molecule has 0 atom stereocenters. The Morgan fingerprint density at radius 3 is 2.47 bits per heavy atom. The molecule has 36 heavy (non-hydrogen) atoms. The van der Waals surface area contributed by atoms with Crippen molar-refractivity contribution in [3.05, 3.63) is 54.2 Å². The summed E-state index contributed by atoms with van der Waals surface area (Å²) < 4.78 is 37.1. The first-order chi connectivity index (χ1) is 17.3. The van der Waals surface area contributed by atoms with Crippen LogP contribution in [0.4, 0.5) is 9.18 Å². The molecular formula is C26H29FN4O5. The van der Waals surface area contributed by atoms with Crippen LogP contribution in [0.15, 0.2) is 42.9 Å². The van der Waals surface area contributed by atoms with E-state index in [9.17, 15) is 9.18 Å². The number of carbonyl (C=O) groups excluding carboxylic acids is 1. The Bertz CT molecular complexity index is 1200. The van der Waals surface area contributed by atoms with Gasteiger partial charge in [0.2, 0.25) is 11.8 Å². The van der Waals surface area contributed by atoms with Crippen LogP contribution in [0.25, 0.3) is 11.3 Å². The fraction of sp³-hybridized carbons (Fsp3) is 0.385. The highest BCUT2D eigenvalue weighted by atomic mass is 19.1. The maximum atomic E-state index is 14.9. The van der Waals surface area contributed by atoms with Gasteiger partial charge in [-0.05, 0) is 51.1 Å². The molecule has 1 aliphatic heterocycles. The largest absolute Gasteiger partial charge is 0.495 e. The van der Waals surface area contributed by atoms with E-state index in [2.05, 4.69) is 15.0 Å². The highest BCUT2D eigenvalue weighted by molar-refractivity contribution is 5.67. The van der Waals surface area contributed by atoms with Gasteiger partial charge in [0.15, 0.2) is 11.6 Å². The molecule has 1 fully saturated rings. The number of likely N-dealkylation sites (tertiary alicyclic amines) is 1. The zero-order valence-electron chi connectivity index (χ0n) is 20.7. The normalized spacial score (nSPS) is 14.0. The van der Waals surface area contributed by atoms with Crippen LogP contribution >= 0.6 is 0 Å². The second kappa shape index (κ2) is 11.2. The van der Waals surface area contributed by atoms with Gasteiger partial charge in [0.1, 0.15) is 18.2 Å². The third-order valence-corrected chi connectivity index (χ3v) is 5.71. The van der Waals surface area contributed by atoms with Crippen LogP contribution in [-0.2, 0) is 4.74 Å². The average molecular weight is 497 g/mol. The van der Waals surface area contributed by atoms with Crippen LogP contribution in [0.5, 0.6) is 23.3 Å². The summed E-state index contributed by atoms with van der Waals surface area (Å²) in [7, 11) is 1.56. The van der Waals surface area contributed by atoms with Gasteiger partial charge in [-0.1, -0.05) is 0 Å². The van der Waals surface area contributed by atoms with Gasteiger partial charge in [-0.3, -0.25) is 4.98 Å². The van der Waals surface area contributed by atoms with Crippen LogP contribution in [0.3, 0.4) is 0 Å². The molecule has 2 aromatic heterocycles. The monoisotopic (exact) mass is 496 g/mol. The van der Waals surface area contributed by atoms with Crippen LogP contribution in [-0.4, -0.2) is 58.4 Å². The van der Waals surface area contributed by atoms with Crippen molar-refractivity contribution in [3.63, 3.8) is 0 Å². The molecule has 0 saturated carbocycles. The lowest BCUT2D eigenvalue weighted by Crippen LogP contribution is -2.42. The first kappa shape index (κ1) is 25.2. The van der Waals surface area contributed by atoms with E-state index in [1.54, 1.807) is 43.3 Å². The Kier molecular flexibility index (Phi) is 7.82. The summed E-state index contributed by atoms with van der Waals surface area (Å²) >= 11 is 0. The Balaban J connectivity index is 1.40. The summed E-state index contributed by atoms with van der Waals surface area (Å²) in [6.07, 6.45) is 3.58. The number of aromatic nitrogens is 3. The standard InChI is InChI=1S/C26H29FN4O5/c1-16(2)34-26(32)31-11-9-19(10-12-31)35-24-17(3)25(30-15-29-24)36-23-8-5-18(13-21(23)27)22-7-6-20(33-4)14-28-22/h5-8,13-16,19H,9-12H2,1-4H3. The van der Waals surface area contributed by atoms with Crippen molar-refractivity contribution in [2.24, 2.45) is 0 Å². The minimum Gasteiger partial charge on any atom is -0.495 e. The molecule has 9 nitrogen and oxygen atoms in total. The molecule has 3 aromatic rings. The molecule has 1 aromatic carbocycles. The number of rotatable bonds is 7. The fourth-order valence-corrected chi connectivity index (χ4v) is 3.75. The van der Waals surface area contributed by atoms with Crippen molar-refractivity contribution < 1.29 is 28.1 Å². The number of methoxy groups -OCH3 is 1. The predicted octanol–water partition coefficient (Wildman–Crippen LogP) is 5.18. The molecule has 1 saturated heterocycles. The minimum absolute atomic E-state index is 0.0250. The van der Waals surface area contributed by atoms with Crippen molar-refractivity contribution in [2.75, 3.05) is 20.2 Å². The van der Waals surface area contributed by atoms with Gasteiger partial charge in [-0.15, -0.1) is 0 Å². The number of pyridine rings is 1. The first-order valence-electron chi connectivity index (χ1n) is 11.8. The van der Waals surface area contributed by atoms with Crippen molar-refractivity contribution in [1.82, 2.24) is 19.9 Å². The van der Waals surface area contributed by atoms with Gasteiger partial charge in [0.25, 0.3) is 0 Å². The Morgan fingerprint density at radius 1 is 1.08 bits per heavy atom. The van der Waals surface area contributed by atoms with Gasteiger partial charge in [-0.25, -0.2) is 19.2 Å². The molecule has 0 radical (unpaired) electrons. The zero-order chi connectivity index (χ0) is 25.7. The van der Waals surface area contributed by atoms with E-state index >= 15 is 0 Å². The summed E-state index contributed by atoms with van der Waals surface area (Å²) in [6, 6.07) is 8.13. The lowest BCUT2D eigenvalue weighted by molar-refractivity contribution is 0.0505. The van der Waals surface area contributed by atoms with Crippen molar-refractivity contribution >= 4 is 6.09 Å². The first-order valence-corrected chi connectivity index (χ1v) is 11.8. The number of carbonyl (C=O) groups is 1. The van der Waals surface area contributed by atoms with Crippen LogP contribution in [0, 0.1) is 12.7 Å². The van der Waals surface area contributed by atoms with Crippen LogP contribution < -0.4 is 14.2 Å². The number of halogens is 1. The molecular weight excluding hydrogens is 467 g/mol. The molecule has 190 valence electrons. The van der Waals surface area contributed by atoms with E-state index < -0.39 is 5.82 Å². The number of nitrogens with zero attached hydrogens (tertiary/aromatic N) is 4. The Hall–Kier alpha value is -3.95. The third kappa shape index (κ3) is 5.99. The second-order valence-corrected chi connectivity index (χ2v) is 8.68. The van der Waals surface area contributed by atoms with Gasteiger partial charge in [0, 0.05) is 31.5 Å². The number of piperidine rings is 1. The van der Waals surface area contributed by atoms with E-state index in [4.69, 9.17) is 18.9 Å². The van der Waals surface area contributed by atoms with Gasteiger partial charge >= 0.3 is 6.09 Å². The molecule has 0 unspecified atom stereocenters. The maximum Gasteiger partial charge on any atom is 0.410 e. The summed E-state index contributed by atoms with van der Waals surface area (Å²) in [5.74, 6) is 0.661. The Morgan fingerprint density at radius 2 is 1.83 bits per heavy atom. The molecule has 10 heteroatoms. The predicted molar refractivity (Wildman–Crippen MR) is 130 cm³/mol. The van der Waals surface area contributed by atoms with Crippen LogP contribution in [0.2, 0.25) is 0 Å². The summed E-state index contributed by atoms with van der Waals surface area (Å²) in [5.41, 5.74) is 1.77. The van der Waals surface area contributed by atoms with Gasteiger partial charge in [0.05, 0.1) is 30.7 Å². The molecule has 0 N–H and O–H groups in total. The fourth-order valence-electron chi connectivity index (χ4n) is 3.75. The maximum absolute atomic E-state index is 14.9. The minimum atomic E-state index is -0.550. The molecule has 3 heterocycles. The van der Waals surface area contributed by atoms with Crippen molar-refractivity contribution in [1.29, 1.82) is 0 Å². The van der Waals surface area contributed by atoms with Gasteiger partial charge in [-0.2, -0.15) is 0 Å². The Labute approximate surface area is 209 Å². The quantitative estimate of drug-likeness (QED) is 0.442. The van der Waals surface area contributed by atoms with E-state index in [1.165, 1.54) is 18.5 Å². The lowest BCUT2D eigenvalue weighted by Gasteiger charge is -2.31. The lowest BCUT2D eigenvalue weighted by atomic mass is 10.1. The topological polar surface area (TPSA) is 95.9 Å². The number of ether oxygens (including phenoxy) is 4. The molecule has 0 spiro atoms. The highest BCUT2D eigenvalue weighted by Crippen LogP contribution is 2.32. The molecule has 1 aliphatic rings. The van der Waals surface area contributed by atoms with E-state index in [0.717, 1.165) is 0 Å². The number of amides is 1. The summed E-state index contributed by atoms with van der Waals surface area (Å²) in [4.78, 5) is 26.4. The molecule has 0 bridgehead atoms. The second-order valence-electron chi connectivity index (χ2n) is 8.68. The SMILES string of the molecule is COc1ccc(-c2ccc(Oc3ncnc(OC4CCN(C(=O)OC(C)C)CC4)c3C)c(F)c2)nc1. The summed E-state index contributed by atoms with van der Waals surface area (Å²) in [5, 5.41) is 0. The van der Waals surface area contributed by atoms with E-state index in [-0.39, 0.29) is 29.9 Å². The molecule has 1 amide bonds. The van der Waals surface area contributed by atoms with Gasteiger partial charge < -0.3 is 23.8 Å². The smallest absolute Gasteiger partial charge is 0.410 e. The van der Waals surface area contributed by atoms with E-state index in [0.29, 0.717) is 54.4 Å². The summed E-state index contributed by atoms with van der Waals surface area (Å²) in [6.45, 7) is 6.47. The number of hydrogen-bond acceptors (Lipinski definition) is 8. The molecule has 4 rings (SSSR count). The number of benzene rings is 1. The molecule has 0 aliphatic carbocycles. The number of hydrogen-bond donors (Lipinski definition) is 0.